The largest absolute Gasteiger partial charge is 0.374 e. The number of aromatic nitrogens is 1. The van der Waals surface area contributed by atoms with Gasteiger partial charge in [0.1, 0.15) is 0 Å². The van der Waals surface area contributed by atoms with Crippen LogP contribution in [0.15, 0.2) is 36.0 Å². The lowest BCUT2D eigenvalue weighted by atomic mass is 10.1. The van der Waals surface area contributed by atoms with E-state index in [9.17, 15) is 0 Å². The zero-order valence-corrected chi connectivity index (χ0v) is 14.9. The maximum Gasteiger partial charge on any atom is 0.0995 e. The highest BCUT2D eigenvalue weighted by Gasteiger charge is 2.43. The molecule has 0 aromatic carbocycles. The minimum absolute atomic E-state index is 0.168. The number of nitrogens with zero attached hydrogens (tertiary/aromatic N) is 2. The number of thiophene rings is 1. The number of pyridine rings is 1. The highest BCUT2D eigenvalue weighted by molar-refractivity contribution is 7.10. The van der Waals surface area contributed by atoms with Crippen molar-refractivity contribution in [1.29, 1.82) is 0 Å². The van der Waals surface area contributed by atoms with Gasteiger partial charge in [0, 0.05) is 36.4 Å². The summed E-state index contributed by atoms with van der Waals surface area (Å²) in [5.41, 5.74) is 2.57. The van der Waals surface area contributed by atoms with Crippen LogP contribution >= 0.6 is 11.3 Å². The first-order chi connectivity index (χ1) is 11.8. The molecule has 0 unspecified atom stereocenters. The standard InChI is InChI=1S/C19H24N2O2S/c1-14-6-11-24-18(14)12-21-9-10-22-17-3-2-16(21)19(17)23-13-15-4-7-20-8-5-15/h4-8,11,16-17,19H,2-3,9-10,12-13H2,1H3/t16-,17-,19+/m0/s1. The maximum absolute atomic E-state index is 6.32. The Morgan fingerprint density at radius 1 is 1.29 bits per heavy atom. The Balaban J connectivity index is 1.46. The maximum atomic E-state index is 6.32. The quantitative estimate of drug-likeness (QED) is 0.833. The number of hydrogen-bond acceptors (Lipinski definition) is 5. The van der Waals surface area contributed by atoms with E-state index in [1.165, 1.54) is 16.0 Å². The van der Waals surface area contributed by atoms with Gasteiger partial charge in [-0.05, 0) is 54.5 Å². The van der Waals surface area contributed by atoms with Crippen LogP contribution in [0.4, 0.5) is 0 Å². The molecule has 2 aromatic rings. The Labute approximate surface area is 147 Å². The molecule has 1 aliphatic heterocycles. The summed E-state index contributed by atoms with van der Waals surface area (Å²) in [4.78, 5) is 8.11. The van der Waals surface area contributed by atoms with Crippen molar-refractivity contribution in [3.05, 3.63) is 52.0 Å². The molecule has 24 heavy (non-hydrogen) atoms. The van der Waals surface area contributed by atoms with Gasteiger partial charge in [0.25, 0.3) is 0 Å². The molecule has 4 rings (SSSR count). The number of aryl methyl sites for hydroxylation is 1. The predicted molar refractivity (Wildman–Crippen MR) is 95.0 cm³/mol. The molecule has 1 saturated carbocycles. The molecule has 0 N–H and O–H groups in total. The third kappa shape index (κ3) is 3.40. The van der Waals surface area contributed by atoms with Gasteiger partial charge in [-0.2, -0.15) is 0 Å². The fourth-order valence-corrected chi connectivity index (χ4v) is 4.73. The lowest BCUT2D eigenvalue weighted by molar-refractivity contribution is -0.0613. The summed E-state index contributed by atoms with van der Waals surface area (Å²) >= 11 is 1.86. The Bertz CT molecular complexity index is 660. The monoisotopic (exact) mass is 344 g/mol. The van der Waals surface area contributed by atoms with E-state index in [1.54, 1.807) is 0 Å². The third-order valence-electron chi connectivity index (χ3n) is 5.18. The topological polar surface area (TPSA) is 34.6 Å². The molecule has 5 heteroatoms. The smallest absolute Gasteiger partial charge is 0.0995 e. The predicted octanol–water partition coefficient (Wildman–Crippen LogP) is 3.40. The highest BCUT2D eigenvalue weighted by Crippen LogP contribution is 2.34. The summed E-state index contributed by atoms with van der Waals surface area (Å²) in [6.45, 7) is 5.65. The molecule has 1 aliphatic carbocycles. The van der Waals surface area contributed by atoms with Crippen LogP contribution in [0, 0.1) is 6.92 Å². The Morgan fingerprint density at radius 3 is 2.96 bits per heavy atom. The van der Waals surface area contributed by atoms with Crippen LogP contribution in [0.5, 0.6) is 0 Å². The van der Waals surface area contributed by atoms with Crippen molar-refractivity contribution in [2.75, 3.05) is 13.2 Å². The minimum Gasteiger partial charge on any atom is -0.374 e. The number of rotatable bonds is 5. The van der Waals surface area contributed by atoms with Crippen LogP contribution in [0.2, 0.25) is 0 Å². The first-order valence-electron chi connectivity index (χ1n) is 8.70. The SMILES string of the molecule is Cc1ccsc1CN1CCO[C@H]2CC[C@H]1[C@H]2OCc1ccncc1. The lowest BCUT2D eigenvalue weighted by Gasteiger charge is -2.31. The van der Waals surface area contributed by atoms with Gasteiger partial charge in [0.05, 0.1) is 25.4 Å². The van der Waals surface area contributed by atoms with Crippen molar-refractivity contribution in [2.45, 2.75) is 51.2 Å². The Kier molecular flexibility index (Phi) is 4.94. The second-order valence-corrected chi connectivity index (χ2v) is 7.68. The third-order valence-corrected chi connectivity index (χ3v) is 6.19. The van der Waals surface area contributed by atoms with E-state index in [0.29, 0.717) is 12.6 Å². The number of fused-ring (bicyclic) bond motifs is 2. The molecule has 2 bridgehead atoms. The number of ether oxygens (including phenoxy) is 2. The zero-order valence-electron chi connectivity index (χ0n) is 14.1. The summed E-state index contributed by atoms with van der Waals surface area (Å²) in [6, 6.07) is 6.71. The zero-order chi connectivity index (χ0) is 16.4. The normalized spacial score (nSPS) is 27.3. The Hall–Kier alpha value is -1.27. The lowest BCUT2D eigenvalue weighted by Crippen LogP contribution is -2.42. The van der Waals surface area contributed by atoms with Crippen molar-refractivity contribution in [3.63, 3.8) is 0 Å². The summed E-state index contributed by atoms with van der Waals surface area (Å²) in [5.74, 6) is 0. The van der Waals surface area contributed by atoms with Crippen molar-refractivity contribution in [2.24, 2.45) is 0 Å². The molecular weight excluding hydrogens is 320 g/mol. The van der Waals surface area contributed by atoms with Crippen LogP contribution in [0.1, 0.15) is 28.8 Å². The van der Waals surface area contributed by atoms with E-state index in [0.717, 1.165) is 32.5 Å². The Morgan fingerprint density at radius 2 is 2.17 bits per heavy atom. The molecule has 2 fully saturated rings. The highest BCUT2D eigenvalue weighted by atomic mass is 32.1. The van der Waals surface area contributed by atoms with Crippen LogP contribution in [0.3, 0.4) is 0 Å². The average Bonchev–Trinajstić information content (AvgIpc) is 3.13. The van der Waals surface area contributed by atoms with Crippen molar-refractivity contribution < 1.29 is 9.47 Å². The molecule has 3 atom stereocenters. The van der Waals surface area contributed by atoms with Gasteiger partial charge in [0.2, 0.25) is 0 Å². The summed E-state index contributed by atoms with van der Waals surface area (Å²) in [6.07, 6.45) is 6.32. The molecule has 3 heterocycles. The molecule has 0 amide bonds. The second-order valence-electron chi connectivity index (χ2n) is 6.68. The molecule has 2 aromatic heterocycles. The van der Waals surface area contributed by atoms with E-state index in [-0.39, 0.29) is 12.2 Å². The summed E-state index contributed by atoms with van der Waals surface area (Å²) < 4.78 is 12.4. The van der Waals surface area contributed by atoms with E-state index in [2.05, 4.69) is 28.3 Å². The molecular formula is C19H24N2O2S. The first-order valence-corrected chi connectivity index (χ1v) is 9.58. The summed E-state index contributed by atoms with van der Waals surface area (Å²) in [5, 5.41) is 2.19. The second kappa shape index (κ2) is 7.31. The van der Waals surface area contributed by atoms with Crippen LogP contribution in [-0.4, -0.2) is 41.3 Å². The molecule has 0 spiro atoms. The van der Waals surface area contributed by atoms with E-state index in [4.69, 9.17) is 9.47 Å². The van der Waals surface area contributed by atoms with Crippen LogP contribution in [0.25, 0.3) is 0 Å². The van der Waals surface area contributed by atoms with Crippen LogP contribution < -0.4 is 0 Å². The van der Waals surface area contributed by atoms with Gasteiger partial charge in [-0.3, -0.25) is 9.88 Å². The van der Waals surface area contributed by atoms with Gasteiger partial charge in [-0.1, -0.05) is 0 Å². The molecule has 1 saturated heterocycles. The van der Waals surface area contributed by atoms with E-state index >= 15 is 0 Å². The van der Waals surface area contributed by atoms with Gasteiger partial charge in [0.15, 0.2) is 0 Å². The van der Waals surface area contributed by atoms with Gasteiger partial charge in [-0.15, -0.1) is 11.3 Å². The molecule has 4 nitrogen and oxygen atoms in total. The fourth-order valence-electron chi connectivity index (χ4n) is 3.80. The summed E-state index contributed by atoms with van der Waals surface area (Å²) in [7, 11) is 0. The van der Waals surface area contributed by atoms with Crippen molar-refractivity contribution >= 4 is 11.3 Å². The van der Waals surface area contributed by atoms with E-state index < -0.39 is 0 Å². The van der Waals surface area contributed by atoms with Crippen molar-refractivity contribution in [1.82, 2.24) is 9.88 Å². The van der Waals surface area contributed by atoms with Crippen molar-refractivity contribution in [3.8, 4) is 0 Å². The van der Waals surface area contributed by atoms with E-state index in [1.807, 2.05) is 35.9 Å². The molecule has 2 aliphatic rings. The van der Waals surface area contributed by atoms with Gasteiger partial charge < -0.3 is 9.47 Å². The molecule has 0 radical (unpaired) electrons. The minimum atomic E-state index is 0.168. The fraction of sp³-hybridized carbons (Fsp3) is 0.526. The average molecular weight is 344 g/mol. The van der Waals surface area contributed by atoms with Gasteiger partial charge in [-0.25, -0.2) is 0 Å². The van der Waals surface area contributed by atoms with Crippen LogP contribution in [-0.2, 0) is 22.6 Å². The first kappa shape index (κ1) is 16.2. The molecule has 128 valence electrons. The van der Waals surface area contributed by atoms with Gasteiger partial charge >= 0.3 is 0 Å². The number of hydrogen-bond donors (Lipinski definition) is 0.